The SMILES string of the molecule is NCCSCc1ccc([N+](=O)[O-])o1. The molecule has 1 aromatic rings. The van der Waals surface area contributed by atoms with E-state index in [1.165, 1.54) is 6.07 Å². The number of nitrogens with two attached hydrogens (primary N) is 1. The second-order valence-electron chi connectivity index (χ2n) is 2.34. The van der Waals surface area contributed by atoms with Gasteiger partial charge in [0.15, 0.2) is 0 Å². The van der Waals surface area contributed by atoms with E-state index in [2.05, 4.69) is 0 Å². The Balaban J connectivity index is 2.44. The first-order valence-corrected chi connectivity index (χ1v) is 4.90. The molecule has 6 heteroatoms. The van der Waals surface area contributed by atoms with E-state index < -0.39 is 4.92 Å². The largest absolute Gasteiger partial charge is 0.433 e. The maximum atomic E-state index is 10.2. The van der Waals surface area contributed by atoms with Crippen LogP contribution in [0.15, 0.2) is 16.5 Å². The maximum absolute atomic E-state index is 10.2. The Morgan fingerprint density at radius 2 is 2.38 bits per heavy atom. The number of hydrogen-bond acceptors (Lipinski definition) is 5. The third-order valence-corrected chi connectivity index (χ3v) is 2.35. The van der Waals surface area contributed by atoms with E-state index in [1.807, 2.05) is 0 Å². The fourth-order valence-corrected chi connectivity index (χ4v) is 1.47. The Kier molecular flexibility index (Phi) is 3.78. The lowest BCUT2D eigenvalue weighted by Gasteiger charge is -1.93. The first-order valence-electron chi connectivity index (χ1n) is 3.75. The average molecular weight is 202 g/mol. The van der Waals surface area contributed by atoms with Crippen molar-refractivity contribution in [3.8, 4) is 0 Å². The van der Waals surface area contributed by atoms with Gasteiger partial charge in [0.25, 0.3) is 0 Å². The number of hydrogen-bond donors (Lipinski definition) is 1. The highest BCUT2D eigenvalue weighted by molar-refractivity contribution is 7.98. The van der Waals surface area contributed by atoms with Gasteiger partial charge in [0.2, 0.25) is 0 Å². The molecule has 72 valence electrons. The van der Waals surface area contributed by atoms with E-state index in [1.54, 1.807) is 17.8 Å². The van der Waals surface area contributed by atoms with Gasteiger partial charge in [0, 0.05) is 12.3 Å². The van der Waals surface area contributed by atoms with Crippen LogP contribution in [-0.4, -0.2) is 17.2 Å². The van der Waals surface area contributed by atoms with Crippen molar-refractivity contribution in [2.24, 2.45) is 5.73 Å². The van der Waals surface area contributed by atoms with Crippen LogP contribution in [0.4, 0.5) is 5.88 Å². The van der Waals surface area contributed by atoms with Crippen LogP contribution in [0.5, 0.6) is 0 Å². The van der Waals surface area contributed by atoms with Crippen LogP contribution in [-0.2, 0) is 5.75 Å². The smallest absolute Gasteiger partial charge is 0.405 e. The predicted molar refractivity (Wildman–Crippen MR) is 50.6 cm³/mol. The normalized spacial score (nSPS) is 10.2. The summed E-state index contributed by atoms with van der Waals surface area (Å²) in [5.41, 5.74) is 5.29. The summed E-state index contributed by atoms with van der Waals surface area (Å²) in [4.78, 5) is 9.68. The molecular weight excluding hydrogens is 192 g/mol. The van der Waals surface area contributed by atoms with Crippen molar-refractivity contribution >= 4 is 17.6 Å². The summed E-state index contributed by atoms with van der Waals surface area (Å²) in [6.45, 7) is 0.605. The van der Waals surface area contributed by atoms with E-state index in [9.17, 15) is 10.1 Å². The zero-order valence-electron chi connectivity index (χ0n) is 6.93. The van der Waals surface area contributed by atoms with Gasteiger partial charge in [-0.25, -0.2) is 0 Å². The van der Waals surface area contributed by atoms with E-state index in [4.69, 9.17) is 10.2 Å². The van der Waals surface area contributed by atoms with Crippen LogP contribution in [0.25, 0.3) is 0 Å². The van der Waals surface area contributed by atoms with Crippen LogP contribution in [0, 0.1) is 10.1 Å². The monoisotopic (exact) mass is 202 g/mol. The van der Waals surface area contributed by atoms with E-state index >= 15 is 0 Å². The summed E-state index contributed by atoms with van der Waals surface area (Å²) in [5, 5.41) is 10.2. The van der Waals surface area contributed by atoms with Crippen molar-refractivity contribution in [1.82, 2.24) is 0 Å². The second kappa shape index (κ2) is 4.88. The van der Waals surface area contributed by atoms with Crippen LogP contribution in [0.1, 0.15) is 5.76 Å². The molecule has 1 heterocycles. The van der Waals surface area contributed by atoms with E-state index in [0.717, 1.165) is 5.75 Å². The maximum Gasteiger partial charge on any atom is 0.433 e. The van der Waals surface area contributed by atoms with Gasteiger partial charge in [-0.05, 0) is 6.07 Å². The quantitative estimate of drug-likeness (QED) is 0.443. The standard InChI is InChI=1S/C7H10N2O3S/c8-3-4-13-5-6-1-2-7(12-6)9(10)11/h1-2H,3-5,8H2. The summed E-state index contributed by atoms with van der Waals surface area (Å²) in [7, 11) is 0. The number of nitro groups is 1. The Labute approximate surface area is 79.4 Å². The average Bonchev–Trinajstić information content (AvgIpc) is 2.53. The number of nitrogens with zero attached hydrogens (tertiary/aromatic N) is 1. The Hall–Kier alpha value is -1.01. The van der Waals surface area contributed by atoms with Gasteiger partial charge in [-0.2, -0.15) is 11.8 Å². The predicted octanol–water partition coefficient (Wildman–Crippen LogP) is 1.38. The molecule has 0 fully saturated rings. The molecule has 0 spiro atoms. The topological polar surface area (TPSA) is 82.3 Å². The molecule has 2 N–H and O–H groups in total. The van der Waals surface area contributed by atoms with Crippen LogP contribution in [0.2, 0.25) is 0 Å². The van der Waals surface area contributed by atoms with Crippen LogP contribution >= 0.6 is 11.8 Å². The summed E-state index contributed by atoms with van der Waals surface area (Å²) in [6, 6.07) is 2.97. The molecule has 0 aliphatic carbocycles. The Morgan fingerprint density at radius 1 is 1.62 bits per heavy atom. The molecular formula is C7H10N2O3S. The summed E-state index contributed by atoms with van der Waals surface area (Å²) >= 11 is 1.59. The van der Waals surface area contributed by atoms with Crippen molar-refractivity contribution in [3.05, 3.63) is 28.0 Å². The molecule has 0 bridgehead atoms. The molecule has 0 unspecified atom stereocenters. The molecule has 0 aliphatic rings. The minimum atomic E-state index is -0.545. The molecule has 0 atom stereocenters. The van der Waals surface area contributed by atoms with Crippen molar-refractivity contribution in [1.29, 1.82) is 0 Å². The Morgan fingerprint density at radius 3 is 2.92 bits per heavy atom. The van der Waals surface area contributed by atoms with Crippen molar-refractivity contribution in [2.45, 2.75) is 5.75 Å². The molecule has 1 aromatic heterocycles. The number of thioether (sulfide) groups is 1. The molecule has 0 radical (unpaired) electrons. The minimum Gasteiger partial charge on any atom is -0.405 e. The zero-order valence-corrected chi connectivity index (χ0v) is 7.75. The number of furan rings is 1. The van der Waals surface area contributed by atoms with Gasteiger partial charge in [0.05, 0.1) is 11.8 Å². The van der Waals surface area contributed by atoms with Crippen molar-refractivity contribution in [3.63, 3.8) is 0 Å². The van der Waals surface area contributed by atoms with Crippen molar-refractivity contribution in [2.75, 3.05) is 12.3 Å². The van der Waals surface area contributed by atoms with Crippen molar-refractivity contribution < 1.29 is 9.34 Å². The first kappa shape index (κ1) is 10.1. The Bertz CT molecular complexity index is 287. The lowest BCUT2D eigenvalue weighted by atomic mass is 10.5. The highest BCUT2D eigenvalue weighted by Gasteiger charge is 2.10. The fourth-order valence-electron chi connectivity index (χ4n) is 0.798. The van der Waals surface area contributed by atoms with Gasteiger partial charge >= 0.3 is 5.88 Å². The van der Waals surface area contributed by atoms with Gasteiger partial charge < -0.3 is 10.2 Å². The number of rotatable bonds is 5. The van der Waals surface area contributed by atoms with Crippen LogP contribution in [0.3, 0.4) is 0 Å². The summed E-state index contributed by atoms with van der Waals surface area (Å²) in [5.74, 6) is 1.87. The van der Waals surface area contributed by atoms with Gasteiger partial charge in [-0.15, -0.1) is 0 Å². The van der Waals surface area contributed by atoms with Gasteiger partial charge in [-0.3, -0.25) is 10.1 Å². The third kappa shape index (κ3) is 3.08. The summed E-state index contributed by atoms with van der Waals surface area (Å²) in [6.07, 6.45) is 0. The first-order chi connectivity index (χ1) is 6.24. The molecule has 1 rings (SSSR count). The second-order valence-corrected chi connectivity index (χ2v) is 3.44. The van der Waals surface area contributed by atoms with E-state index in [0.29, 0.717) is 18.1 Å². The van der Waals surface area contributed by atoms with E-state index in [-0.39, 0.29) is 5.88 Å². The van der Waals surface area contributed by atoms with Gasteiger partial charge in [0.1, 0.15) is 10.7 Å². The third-order valence-electron chi connectivity index (χ3n) is 1.33. The molecule has 0 saturated heterocycles. The highest BCUT2D eigenvalue weighted by atomic mass is 32.2. The molecule has 0 aromatic carbocycles. The fraction of sp³-hybridized carbons (Fsp3) is 0.429. The molecule has 13 heavy (non-hydrogen) atoms. The lowest BCUT2D eigenvalue weighted by molar-refractivity contribution is -0.402. The van der Waals surface area contributed by atoms with Gasteiger partial charge in [-0.1, -0.05) is 0 Å². The molecule has 0 amide bonds. The zero-order chi connectivity index (χ0) is 9.68. The lowest BCUT2D eigenvalue weighted by Crippen LogP contribution is -2.01. The molecule has 0 saturated carbocycles. The van der Waals surface area contributed by atoms with Crippen LogP contribution < -0.4 is 5.73 Å². The molecule has 0 aliphatic heterocycles. The minimum absolute atomic E-state index is 0.205. The highest BCUT2D eigenvalue weighted by Crippen LogP contribution is 2.19. The molecule has 5 nitrogen and oxygen atoms in total. The summed E-state index contributed by atoms with van der Waals surface area (Å²) < 4.78 is 4.93.